The largest absolute Gasteiger partial charge is 0.483 e. The highest BCUT2D eigenvalue weighted by Gasteiger charge is 2.30. The van der Waals surface area contributed by atoms with Gasteiger partial charge in [-0.15, -0.1) is 0 Å². The van der Waals surface area contributed by atoms with Crippen LogP contribution >= 0.6 is 12.2 Å². The van der Waals surface area contributed by atoms with Crippen molar-refractivity contribution in [3.63, 3.8) is 0 Å². The van der Waals surface area contributed by atoms with Crippen molar-refractivity contribution < 1.29 is 9.47 Å². The Kier molecular flexibility index (Phi) is 4.45. The molecule has 1 aromatic rings. The van der Waals surface area contributed by atoms with Gasteiger partial charge in [0.1, 0.15) is 10.7 Å². The molecule has 0 aliphatic carbocycles. The number of nitrogens with zero attached hydrogens (tertiary/aromatic N) is 3. The number of rotatable bonds is 3. The van der Waals surface area contributed by atoms with E-state index in [1.807, 2.05) is 27.8 Å². The first-order valence-corrected chi connectivity index (χ1v) is 7.25. The standard InChI is InChI=1S/C15H19N3O2S/c1-5-19-9-17-13-11(7-16)10-6-15(2,3)20-8-12(10)14(21)18(13)4/h9H,5-6,8H2,1-4H3. The lowest BCUT2D eigenvalue weighted by Crippen LogP contribution is -2.33. The Morgan fingerprint density at radius 3 is 2.86 bits per heavy atom. The molecular weight excluding hydrogens is 286 g/mol. The normalized spacial score (nSPS) is 16.5. The van der Waals surface area contributed by atoms with Gasteiger partial charge in [-0.25, -0.2) is 4.99 Å². The van der Waals surface area contributed by atoms with Crippen LogP contribution in [0.3, 0.4) is 0 Å². The van der Waals surface area contributed by atoms with E-state index >= 15 is 0 Å². The van der Waals surface area contributed by atoms with Gasteiger partial charge in [-0.3, -0.25) is 0 Å². The number of fused-ring (bicyclic) bond motifs is 1. The Hall–Kier alpha value is -1.71. The zero-order valence-corrected chi connectivity index (χ0v) is 13.6. The second-order valence-electron chi connectivity index (χ2n) is 5.55. The summed E-state index contributed by atoms with van der Waals surface area (Å²) in [6.45, 7) is 6.86. The highest BCUT2D eigenvalue weighted by Crippen LogP contribution is 2.34. The molecule has 21 heavy (non-hydrogen) atoms. The van der Waals surface area contributed by atoms with E-state index in [-0.39, 0.29) is 5.60 Å². The molecule has 0 aromatic carbocycles. The van der Waals surface area contributed by atoms with E-state index < -0.39 is 0 Å². The van der Waals surface area contributed by atoms with Crippen molar-refractivity contribution in [2.75, 3.05) is 6.61 Å². The molecule has 0 N–H and O–H groups in total. The van der Waals surface area contributed by atoms with E-state index in [9.17, 15) is 5.26 Å². The molecular formula is C15H19N3O2S. The van der Waals surface area contributed by atoms with E-state index in [0.29, 0.717) is 35.7 Å². The second kappa shape index (κ2) is 5.96. The molecule has 0 atom stereocenters. The van der Waals surface area contributed by atoms with Gasteiger partial charge in [-0.05, 0) is 26.3 Å². The van der Waals surface area contributed by atoms with Gasteiger partial charge in [-0.1, -0.05) is 12.2 Å². The third-order valence-corrected chi connectivity index (χ3v) is 4.03. The molecule has 5 nitrogen and oxygen atoms in total. The average Bonchev–Trinajstić information content (AvgIpc) is 2.43. The molecule has 1 aromatic heterocycles. The van der Waals surface area contributed by atoms with Crippen molar-refractivity contribution in [1.82, 2.24) is 4.57 Å². The predicted molar refractivity (Wildman–Crippen MR) is 83.3 cm³/mol. The van der Waals surface area contributed by atoms with Crippen molar-refractivity contribution in [2.24, 2.45) is 12.0 Å². The minimum Gasteiger partial charge on any atom is -0.483 e. The molecule has 2 rings (SSSR count). The number of nitriles is 1. The molecule has 2 heterocycles. The lowest BCUT2D eigenvalue weighted by molar-refractivity contribution is -0.0406. The number of hydrogen-bond donors (Lipinski definition) is 0. The molecule has 0 radical (unpaired) electrons. The number of pyridine rings is 1. The van der Waals surface area contributed by atoms with E-state index in [0.717, 1.165) is 11.1 Å². The third kappa shape index (κ3) is 2.99. The Morgan fingerprint density at radius 2 is 2.24 bits per heavy atom. The van der Waals surface area contributed by atoms with Crippen LogP contribution in [0.4, 0.5) is 5.82 Å². The quantitative estimate of drug-likeness (QED) is 0.489. The van der Waals surface area contributed by atoms with Crippen LogP contribution in [0.2, 0.25) is 0 Å². The summed E-state index contributed by atoms with van der Waals surface area (Å²) in [5.74, 6) is 0.535. The average molecular weight is 305 g/mol. The fourth-order valence-corrected chi connectivity index (χ4v) is 2.67. The zero-order valence-electron chi connectivity index (χ0n) is 12.8. The van der Waals surface area contributed by atoms with Gasteiger partial charge in [-0.2, -0.15) is 5.26 Å². The van der Waals surface area contributed by atoms with Crippen LogP contribution in [0.15, 0.2) is 4.99 Å². The Morgan fingerprint density at radius 1 is 1.52 bits per heavy atom. The van der Waals surface area contributed by atoms with Crippen molar-refractivity contribution in [1.29, 1.82) is 5.26 Å². The molecule has 0 amide bonds. The molecule has 1 aliphatic heterocycles. The van der Waals surface area contributed by atoms with Crippen molar-refractivity contribution in [3.8, 4) is 6.07 Å². The lowest BCUT2D eigenvalue weighted by Gasteiger charge is -2.33. The maximum atomic E-state index is 9.56. The first-order valence-electron chi connectivity index (χ1n) is 6.84. The summed E-state index contributed by atoms with van der Waals surface area (Å²) in [5.41, 5.74) is 2.11. The fraction of sp³-hybridized carbons (Fsp3) is 0.533. The summed E-state index contributed by atoms with van der Waals surface area (Å²) < 4.78 is 13.4. The molecule has 0 saturated heterocycles. The van der Waals surface area contributed by atoms with Gasteiger partial charge in [0.15, 0.2) is 12.2 Å². The number of aromatic nitrogens is 1. The van der Waals surface area contributed by atoms with Crippen molar-refractivity contribution in [2.45, 2.75) is 39.4 Å². The van der Waals surface area contributed by atoms with Crippen LogP contribution in [0.25, 0.3) is 0 Å². The molecule has 0 bridgehead atoms. The van der Waals surface area contributed by atoms with Gasteiger partial charge >= 0.3 is 0 Å². The van der Waals surface area contributed by atoms with E-state index in [1.165, 1.54) is 6.40 Å². The minimum absolute atomic E-state index is 0.304. The van der Waals surface area contributed by atoms with Crippen LogP contribution in [-0.4, -0.2) is 23.2 Å². The Labute approximate surface area is 129 Å². The zero-order chi connectivity index (χ0) is 15.6. The third-order valence-electron chi connectivity index (χ3n) is 3.51. The Balaban J connectivity index is 2.66. The maximum absolute atomic E-state index is 9.56. The SMILES string of the molecule is CCOC=Nc1c(C#N)c2c(c(=S)n1C)COC(C)(C)C2. The van der Waals surface area contributed by atoms with Crippen LogP contribution in [-0.2, 0) is 29.5 Å². The first-order chi connectivity index (χ1) is 9.91. The van der Waals surface area contributed by atoms with Crippen molar-refractivity contribution in [3.05, 3.63) is 21.3 Å². The highest BCUT2D eigenvalue weighted by molar-refractivity contribution is 7.71. The summed E-state index contributed by atoms with van der Waals surface area (Å²) in [4.78, 5) is 4.27. The second-order valence-corrected chi connectivity index (χ2v) is 5.93. The summed E-state index contributed by atoms with van der Waals surface area (Å²) in [7, 11) is 1.81. The molecule has 112 valence electrons. The number of hydrogen-bond acceptors (Lipinski definition) is 5. The summed E-state index contributed by atoms with van der Waals surface area (Å²) in [5, 5.41) is 9.56. The highest BCUT2D eigenvalue weighted by atomic mass is 32.1. The Bertz CT molecular complexity index is 684. The summed E-state index contributed by atoms with van der Waals surface area (Å²) >= 11 is 5.49. The topological polar surface area (TPSA) is 59.5 Å². The molecule has 0 fully saturated rings. The summed E-state index contributed by atoms with van der Waals surface area (Å²) in [6.07, 6.45) is 2.01. The van der Waals surface area contributed by atoms with Crippen LogP contribution in [0, 0.1) is 16.0 Å². The van der Waals surface area contributed by atoms with Gasteiger partial charge < -0.3 is 14.0 Å². The molecule has 0 saturated carbocycles. The van der Waals surface area contributed by atoms with E-state index in [1.54, 1.807) is 4.57 Å². The first kappa shape index (κ1) is 15.7. The number of aliphatic imine (C=N–C) groups is 1. The van der Waals surface area contributed by atoms with Gasteiger partial charge in [0, 0.05) is 19.0 Å². The molecule has 0 unspecified atom stereocenters. The van der Waals surface area contributed by atoms with Crippen molar-refractivity contribution >= 4 is 24.4 Å². The van der Waals surface area contributed by atoms with Crippen LogP contribution in [0.1, 0.15) is 37.5 Å². The monoisotopic (exact) mass is 305 g/mol. The number of ether oxygens (including phenoxy) is 2. The van der Waals surface area contributed by atoms with Gasteiger partial charge in [0.2, 0.25) is 0 Å². The fourth-order valence-electron chi connectivity index (χ4n) is 2.40. The van der Waals surface area contributed by atoms with Crippen LogP contribution in [0.5, 0.6) is 0 Å². The maximum Gasteiger partial charge on any atom is 0.176 e. The molecule has 6 heteroatoms. The van der Waals surface area contributed by atoms with Crippen LogP contribution < -0.4 is 0 Å². The van der Waals surface area contributed by atoms with Gasteiger partial charge in [0.25, 0.3) is 0 Å². The predicted octanol–water partition coefficient (Wildman–Crippen LogP) is 3.17. The molecule has 1 aliphatic rings. The lowest BCUT2D eigenvalue weighted by atomic mass is 9.89. The van der Waals surface area contributed by atoms with Gasteiger partial charge in [0.05, 0.1) is 24.4 Å². The summed E-state index contributed by atoms with van der Waals surface area (Å²) in [6, 6.07) is 2.26. The molecule has 0 spiro atoms. The van der Waals surface area contributed by atoms with E-state index in [2.05, 4.69) is 11.1 Å². The smallest absolute Gasteiger partial charge is 0.176 e. The van der Waals surface area contributed by atoms with E-state index in [4.69, 9.17) is 21.7 Å². The minimum atomic E-state index is -0.304.